The van der Waals surface area contributed by atoms with Gasteiger partial charge in [0.15, 0.2) is 0 Å². The Kier molecular flexibility index (Phi) is 8.54. The van der Waals surface area contributed by atoms with Crippen molar-refractivity contribution >= 4 is 0 Å². The predicted molar refractivity (Wildman–Crippen MR) is 73.9 cm³/mol. The molecule has 0 aromatic carbocycles. The molecule has 0 aromatic heterocycles. The SMILES string of the molecule is CN(C)CCOCCNCC(O)CN1CCCC1. The van der Waals surface area contributed by atoms with Gasteiger partial charge in [0.05, 0.1) is 19.3 Å². The maximum atomic E-state index is 9.83. The Morgan fingerprint density at radius 2 is 2.00 bits per heavy atom. The Labute approximate surface area is 111 Å². The second-order valence-electron chi connectivity index (χ2n) is 5.28. The van der Waals surface area contributed by atoms with Crippen molar-refractivity contribution in [1.82, 2.24) is 15.1 Å². The van der Waals surface area contributed by atoms with Crippen LogP contribution in [0.3, 0.4) is 0 Å². The van der Waals surface area contributed by atoms with Crippen molar-refractivity contribution in [2.24, 2.45) is 0 Å². The fourth-order valence-electron chi connectivity index (χ4n) is 2.09. The van der Waals surface area contributed by atoms with Crippen molar-refractivity contribution in [3.63, 3.8) is 0 Å². The normalized spacial score (nSPS) is 18.7. The van der Waals surface area contributed by atoms with Crippen LogP contribution in [0, 0.1) is 0 Å². The first-order valence-corrected chi connectivity index (χ1v) is 7.02. The number of hydrogen-bond donors (Lipinski definition) is 2. The van der Waals surface area contributed by atoms with E-state index in [0.29, 0.717) is 13.2 Å². The van der Waals surface area contributed by atoms with E-state index in [0.717, 1.165) is 39.3 Å². The van der Waals surface area contributed by atoms with Crippen LogP contribution in [0.4, 0.5) is 0 Å². The Balaban J connectivity index is 1.84. The van der Waals surface area contributed by atoms with Gasteiger partial charge in [-0.3, -0.25) is 0 Å². The Morgan fingerprint density at radius 3 is 2.67 bits per heavy atom. The minimum Gasteiger partial charge on any atom is -0.390 e. The van der Waals surface area contributed by atoms with Crippen LogP contribution in [-0.4, -0.2) is 87.6 Å². The molecule has 1 aliphatic rings. The van der Waals surface area contributed by atoms with Gasteiger partial charge >= 0.3 is 0 Å². The average molecular weight is 259 g/mol. The molecule has 1 unspecified atom stereocenters. The molecule has 0 aromatic rings. The maximum Gasteiger partial charge on any atom is 0.0791 e. The smallest absolute Gasteiger partial charge is 0.0791 e. The molecule has 0 bridgehead atoms. The van der Waals surface area contributed by atoms with E-state index in [1.54, 1.807) is 0 Å². The van der Waals surface area contributed by atoms with Crippen LogP contribution in [0.5, 0.6) is 0 Å². The highest BCUT2D eigenvalue weighted by atomic mass is 16.5. The molecular formula is C13H29N3O2. The van der Waals surface area contributed by atoms with E-state index in [1.165, 1.54) is 12.8 Å². The molecule has 0 aliphatic carbocycles. The molecule has 1 aliphatic heterocycles. The van der Waals surface area contributed by atoms with Gasteiger partial charge in [-0.15, -0.1) is 0 Å². The lowest BCUT2D eigenvalue weighted by Gasteiger charge is -2.19. The van der Waals surface area contributed by atoms with E-state index in [1.807, 2.05) is 14.1 Å². The molecular weight excluding hydrogens is 230 g/mol. The number of β-amino-alcohol motifs (C(OH)–C–C–N with tert-alkyl or cyclic N) is 1. The van der Waals surface area contributed by atoms with Gasteiger partial charge in [0.2, 0.25) is 0 Å². The Bertz CT molecular complexity index is 197. The zero-order chi connectivity index (χ0) is 13.2. The van der Waals surface area contributed by atoms with Gasteiger partial charge in [0.25, 0.3) is 0 Å². The lowest BCUT2D eigenvalue weighted by Crippen LogP contribution is -2.38. The third-order valence-electron chi connectivity index (χ3n) is 3.15. The highest BCUT2D eigenvalue weighted by molar-refractivity contribution is 4.71. The van der Waals surface area contributed by atoms with Crippen LogP contribution < -0.4 is 5.32 Å². The topological polar surface area (TPSA) is 48.0 Å². The van der Waals surface area contributed by atoms with Crippen molar-refractivity contribution in [1.29, 1.82) is 0 Å². The van der Waals surface area contributed by atoms with E-state index in [4.69, 9.17) is 4.74 Å². The lowest BCUT2D eigenvalue weighted by atomic mass is 10.3. The first-order valence-electron chi connectivity index (χ1n) is 7.02. The largest absolute Gasteiger partial charge is 0.390 e. The minimum atomic E-state index is -0.259. The summed E-state index contributed by atoms with van der Waals surface area (Å²) in [6.07, 6.45) is 2.30. The van der Waals surface area contributed by atoms with Crippen LogP contribution in [0.15, 0.2) is 0 Å². The number of rotatable bonds is 10. The number of aliphatic hydroxyl groups is 1. The van der Waals surface area contributed by atoms with E-state index < -0.39 is 0 Å². The second kappa shape index (κ2) is 9.69. The van der Waals surface area contributed by atoms with Crippen molar-refractivity contribution in [2.45, 2.75) is 18.9 Å². The average Bonchev–Trinajstić information content (AvgIpc) is 2.80. The molecule has 1 fully saturated rings. The highest BCUT2D eigenvalue weighted by Gasteiger charge is 2.14. The van der Waals surface area contributed by atoms with Crippen LogP contribution in [0.25, 0.3) is 0 Å². The number of nitrogens with one attached hydrogen (secondary N) is 1. The monoisotopic (exact) mass is 259 g/mol. The molecule has 5 heteroatoms. The van der Waals surface area contributed by atoms with Crippen molar-refractivity contribution < 1.29 is 9.84 Å². The van der Waals surface area contributed by atoms with E-state index in [9.17, 15) is 5.11 Å². The zero-order valence-electron chi connectivity index (χ0n) is 11.9. The van der Waals surface area contributed by atoms with Gasteiger partial charge in [0.1, 0.15) is 0 Å². The number of ether oxygens (including phenoxy) is 1. The molecule has 0 spiro atoms. The Morgan fingerprint density at radius 1 is 1.28 bits per heavy atom. The highest BCUT2D eigenvalue weighted by Crippen LogP contribution is 2.07. The molecule has 108 valence electrons. The summed E-state index contributed by atoms with van der Waals surface area (Å²) >= 11 is 0. The third-order valence-corrected chi connectivity index (χ3v) is 3.15. The minimum absolute atomic E-state index is 0.259. The van der Waals surface area contributed by atoms with Gasteiger partial charge in [-0.1, -0.05) is 0 Å². The van der Waals surface area contributed by atoms with Gasteiger partial charge in [-0.25, -0.2) is 0 Å². The molecule has 0 amide bonds. The number of likely N-dealkylation sites (tertiary alicyclic amines) is 1. The fraction of sp³-hybridized carbons (Fsp3) is 1.00. The Hall–Kier alpha value is -0.200. The van der Waals surface area contributed by atoms with E-state index >= 15 is 0 Å². The van der Waals surface area contributed by atoms with E-state index in [-0.39, 0.29) is 6.10 Å². The molecule has 0 saturated carbocycles. The molecule has 5 nitrogen and oxygen atoms in total. The molecule has 1 saturated heterocycles. The summed E-state index contributed by atoms with van der Waals surface area (Å²) in [4.78, 5) is 4.44. The molecule has 1 heterocycles. The van der Waals surface area contributed by atoms with Crippen molar-refractivity contribution in [2.75, 3.05) is 66.6 Å². The van der Waals surface area contributed by atoms with Crippen LogP contribution in [0.2, 0.25) is 0 Å². The summed E-state index contributed by atoms with van der Waals surface area (Å²) < 4.78 is 5.46. The van der Waals surface area contributed by atoms with Gasteiger partial charge in [-0.05, 0) is 40.0 Å². The molecule has 2 N–H and O–H groups in total. The summed E-state index contributed by atoms with van der Waals surface area (Å²) in [5.74, 6) is 0. The number of likely N-dealkylation sites (N-methyl/N-ethyl adjacent to an activating group) is 1. The first-order chi connectivity index (χ1) is 8.68. The fourth-order valence-corrected chi connectivity index (χ4v) is 2.09. The predicted octanol–water partition coefficient (Wildman–Crippen LogP) is -0.389. The molecule has 0 radical (unpaired) electrons. The van der Waals surface area contributed by atoms with Crippen LogP contribution >= 0.6 is 0 Å². The second-order valence-corrected chi connectivity index (χ2v) is 5.28. The van der Waals surface area contributed by atoms with E-state index in [2.05, 4.69) is 15.1 Å². The van der Waals surface area contributed by atoms with Gasteiger partial charge < -0.3 is 25.0 Å². The van der Waals surface area contributed by atoms with Crippen LogP contribution in [0.1, 0.15) is 12.8 Å². The van der Waals surface area contributed by atoms with Crippen LogP contribution in [-0.2, 0) is 4.74 Å². The number of hydrogen-bond acceptors (Lipinski definition) is 5. The summed E-state index contributed by atoms with van der Waals surface area (Å²) in [6.45, 7) is 6.99. The number of nitrogens with zero attached hydrogens (tertiary/aromatic N) is 2. The summed E-state index contributed by atoms with van der Waals surface area (Å²) in [5, 5.41) is 13.1. The molecule has 1 atom stereocenters. The molecule has 18 heavy (non-hydrogen) atoms. The van der Waals surface area contributed by atoms with Crippen molar-refractivity contribution in [3.8, 4) is 0 Å². The van der Waals surface area contributed by atoms with Gasteiger partial charge in [0, 0.05) is 26.2 Å². The standard InChI is InChI=1S/C13H29N3O2/c1-15(2)8-10-18-9-5-14-11-13(17)12-16-6-3-4-7-16/h13-14,17H,3-12H2,1-2H3. The summed E-state index contributed by atoms with van der Waals surface area (Å²) in [6, 6.07) is 0. The summed E-state index contributed by atoms with van der Waals surface area (Å²) in [7, 11) is 4.08. The zero-order valence-corrected chi connectivity index (χ0v) is 11.9. The third kappa shape index (κ3) is 8.00. The lowest BCUT2D eigenvalue weighted by molar-refractivity contribution is 0.105. The van der Waals surface area contributed by atoms with Gasteiger partial charge in [-0.2, -0.15) is 0 Å². The quantitative estimate of drug-likeness (QED) is 0.523. The summed E-state index contributed by atoms with van der Waals surface area (Å²) in [5.41, 5.74) is 0. The van der Waals surface area contributed by atoms with Crippen molar-refractivity contribution in [3.05, 3.63) is 0 Å². The number of aliphatic hydroxyl groups excluding tert-OH is 1. The maximum absolute atomic E-state index is 9.83. The molecule has 1 rings (SSSR count). The first kappa shape index (κ1) is 15.9.